The summed E-state index contributed by atoms with van der Waals surface area (Å²) in [5.41, 5.74) is 0.770. The summed E-state index contributed by atoms with van der Waals surface area (Å²) >= 11 is 0. The first kappa shape index (κ1) is 60.9. The van der Waals surface area contributed by atoms with E-state index in [1.54, 1.807) is 0 Å². The van der Waals surface area contributed by atoms with Gasteiger partial charge in [-0.3, -0.25) is 4.79 Å². The molecule has 4 fully saturated rings. The highest BCUT2D eigenvalue weighted by molar-refractivity contribution is 5.75. The third-order valence-corrected chi connectivity index (χ3v) is 20.2. The standard InChI is InChI=1S/C64H123N3O2/c1-7-10-13-16-19-22-25-28-31-36-48-66(49-37-32-29-26-23-20-17-14-11-8-2)52-53-67(50-38-33-30-27-24-21-18-15-12-9-3)51-47-65-61(69)43-40-55(4)57-41-42-58-62-59(44-46-64(57,58)6)63(5)45-35-34-39-56(63)54-60(62)68/h55-60,62,68H,7-54H2,1-6H3,(H,65,69)/t55-,56?,57?,58?,59?,60?,62?,63?,64?/m1/s1. The summed E-state index contributed by atoms with van der Waals surface area (Å²) < 4.78 is 0. The Morgan fingerprint density at radius 3 is 1.43 bits per heavy atom. The van der Waals surface area contributed by atoms with E-state index in [1.807, 2.05) is 0 Å². The molecule has 0 heterocycles. The van der Waals surface area contributed by atoms with Crippen LogP contribution in [0.3, 0.4) is 0 Å². The third-order valence-electron chi connectivity index (χ3n) is 20.2. The van der Waals surface area contributed by atoms with Crippen LogP contribution in [0.5, 0.6) is 0 Å². The predicted octanol–water partition coefficient (Wildman–Crippen LogP) is 17.9. The van der Waals surface area contributed by atoms with Crippen LogP contribution in [0.1, 0.15) is 305 Å². The van der Waals surface area contributed by atoms with Crippen molar-refractivity contribution in [3.63, 3.8) is 0 Å². The second-order valence-electron chi connectivity index (χ2n) is 25.4. The van der Waals surface area contributed by atoms with Gasteiger partial charge in [0.1, 0.15) is 0 Å². The van der Waals surface area contributed by atoms with Gasteiger partial charge in [-0.1, -0.05) is 228 Å². The molecule has 0 aromatic rings. The largest absolute Gasteiger partial charge is 0.393 e. The van der Waals surface area contributed by atoms with Crippen molar-refractivity contribution in [1.82, 2.24) is 15.1 Å². The van der Waals surface area contributed by atoms with E-state index in [0.717, 1.165) is 38.4 Å². The van der Waals surface area contributed by atoms with Gasteiger partial charge in [0.15, 0.2) is 0 Å². The van der Waals surface area contributed by atoms with Crippen LogP contribution in [0.2, 0.25) is 0 Å². The van der Waals surface area contributed by atoms with Crippen LogP contribution in [-0.2, 0) is 4.79 Å². The number of carbonyl (C=O) groups is 1. The summed E-state index contributed by atoms with van der Waals surface area (Å²) in [5, 5.41) is 15.2. The first-order valence-electron chi connectivity index (χ1n) is 32.1. The fraction of sp³-hybridized carbons (Fsp3) is 0.984. The van der Waals surface area contributed by atoms with Gasteiger partial charge in [0, 0.05) is 32.6 Å². The van der Waals surface area contributed by atoms with Gasteiger partial charge in [0.2, 0.25) is 5.91 Å². The molecular formula is C64H123N3O2. The molecule has 5 heteroatoms. The Labute approximate surface area is 432 Å². The van der Waals surface area contributed by atoms with Crippen LogP contribution in [0, 0.1) is 46.3 Å². The van der Waals surface area contributed by atoms with Gasteiger partial charge in [-0.25, -0.2) is 0 Å². The molecule has 4 aliphatic rings. The number of unbranched alkanes of at least 4 members (excludes halogenated alkanes) is 27. The lowest BCUT2D eigenvalue weighted by molar-refractivity contribution is -0.164. The molecule has 1 amide bonds. The van der Waals surface area contributed by atoms with Crippen molar-refractivity contribution in [2.24, 2.45) is 46.3 Å². The number of nitrogens with zero attached hydrogens (tertiary/aromatic N) is 2. The van der Waals surface area contributed by atoms with Crippen molar-refractivity contribution in [3.05, 3.63) is 0 Å². The molecule has 0 aromatic heterocycles. The predicted molar refractivity (Wildman–Crippen MR) is 301 cm³/mol. The van der Waals surface area contributed by atoms with Crippen molar-refractivity contribution < 1.29 is 9.90 Å². The first-order chi connectivity index (χ1) is 33.7. The fourth-order valence-electron chi connectivity index (χ4n) is 15.7. The second kappa shape index (κ2) is 36.3. The minimum atomic E-state index is -0.0996. The number of carbonyl (C=O) groups excluding carboxylic acids is 1. The normalized spacial score (nSPS) is 27.1. The fourth-order valence-corrected chi connectivity index (χ4v) is 15.7. The van der Waals surface area contributed by atoms with E-state index in [2.05, 4.69) is 56.7 Å². The highest BCUT2D eigenvalue weighted by Gasteiger charge is 2.62. The minimum Gasteiger partial charge on any atom is -0.393 e. The molecular weight excluding hydrogens is 843 g/mol. The van der Waals surface area contributed by atoms with Crippen LogP contribution < -0.4 is 5.32 Å². The Kier molecular flexibility index (Phi) is 32.1. The van der Waals surface area contributed by atoms with Crippen LogP contribution in [0.25, 0.3) is 0 Å². The average molecular weight is 967 g/mol. The Balaban J connectivity index is 1.23. The molecule has 5 nitrogen and oxygen atoms in total. The molecule has 8 unspecified atom stereocenters. The number of amides is 1. The number of hydrogen-bond acceptors (Lipinski definition) is 4. The third kappa shape index (κ3) is 22.0. The maximum Gasteiger partial charge on any atom is 0.220 e. The van der Waals surface area contributed by atoms with E-state index in [4.69, 9.17) is 0 Å². The molecule has 0 spiro atoms. The SMILES string of the molecule is CCCCCCCCCCCCN(CCCCCCCCCCCC)CCN(CCCCCCCCCCCC)CCNC(=O)CC[C@@H](C)C1CCC2C3C(O)CC4CCCCC4(C)C3CCC21C. The van der Waals surface area contributed by atoms with Crippen molar-refractivity contribution in [3.8, 4) is 0 Å². The summed E-state index contributed by atoms with van der Waals surface area (Å²) in [6.07, 6.45) is 55.3. The van der Waals surface area contributed by atoms with Crippen molar-refractivity contribution >= 4 is 5.91 Å². The minimum absolute atomic E-state index is 0.0996. The van der Waals surface area contributed by atoms with Gasteiger partial charge in [-0.05, 0) is 137 Å². The molecule has 4 rings (SSSR count). The maximum atomic E-state index is 13.6. The quantitative estimate of drug-likeness (QED) is 0.0598. The highest BCUT2D eigenvalue weighted by Crippen LogP contribution is 2.68. The Morgan fingerprint density at radius 2 is 0.957 bits per heavy atom. The molecule has 69 heavy (non-hydrogen) atoms. The number of rotatable bonds is 43. The summed E-state index contributed by atoms with van der Waals surface area (Å²) in [5.74, 6) is 4.12. The average Bonchev–Trinajstić information content (AvgIpc) is 3.70. The smallest absolute Gasteiger partial charge is 0.220 e. The van der Waals surface area contributed by atoms with Gasteiger partial charge in [0.25, 0.3) is 0 Å². The van der Waals surface area contributed by atoms with E-state index in [1.165, 1.54) is 270 Å². The Hall–Kier alpha value is -0.650. The topological polar surface area (TPSA) is 55.8 Å². The van der Waals surface area contributed by atoms with Crippen LogP contribution in [0.15, 0.2) is 0 Å². The summed E-state index contributed by atoms with van der Waals surface area (Å²) in [6.45, 7) is 22.4. The van der Waals surface area contributed by atoms with Gasteiger partial charge in [-0.15, -0.1) is 0 Å². The van der Waals surface area contributed by atoms with Crippen LogP contribution >= 0.6 is 0 Å². The van der Waals surface area contributed by atoms with Crippen molar-refractivity contribution in [2.45, 2.75) is 311 Å². The number of aliphatic hydroxyl groups excluding tert-OH is 1. The molecule has 0 saturated heterocycles. The lowest BCUT2D eigenvalue weighted by Crippen LogP contribution is -2.57. The molecule has 0 aromatic carbocycles. The first-order valence-corrected chi connectivity index (χ1v) is 32.1. The maximum absolute atomic E-state index is 13.6. The van der Waals surface area contributed by atoms with Gasteiger partial charge < -0.3 is 20.2 Å². The number of aliphatic hydroxyl groups is 1. The van der Waals surface area contributed by atoms with Crippen LogP contribution in [0.4, 0.5) is 0 Å². The Morgan fingerprint density at radius 1 is 0.522 bits per heavy atom. The zero-order valence-corrected chi connectivity index (χ0v) is 47.7. The number of hydrogen-bond donors (Lipinski definition) is 2. The lowest BCUT2D eigenvalue weighted by atomic mass is 9.44. The number of fused-ring (bicyclic) bond motifs is 5. The zero-order chi connectivity index (χ0) is 49.4. The zero-order valence-electron chi connectivity index (χ0n) is 47.7. The summed E-state index contributed by atoms with van der Waals surface area (Å²) in [7, 11) is 0. The van der Waals surface area contributed by atoms with Crippen molar-refractivity contribution in [2.75, 3.05) is 45.8 Å². The molecule has 0 bridgehead atoms. The molecule has 4 saturated carbocycles. The van der Waals surface area contributed by atoms with E-state index in [0.29, 0.717) is 46.8 Å². The van der Waals surface area contributed by atoms with Crippen molar-refractivity contribution in [1.29, 1.82) is 0 Å². The monoisotopic (exact) mass is 966 g/mol. The van der Waals surface area contributed by atoms with Gasteiger partial charge in [0.05, 0.1) is 6.10 Å². The van der Waals surface area contributed by atoms with Gasteiger partial charge >= 0.3 is 0 Å². The molecule has 4 aliphatic carbocycles. The molecule has 406 valence electrons. The molecule has 0 radical (unpaired) electrons. The molecule has 0 aliphatic heterocycles. The van der Waals surface area contributed by atoms with E-state index in [9.17, 15) is 9.90 Å². The van der Waals surface area contributed by atoms with Crippen LogP contribution in [-0.4, -0.2) is 72.7 Å². The Bertz CT molecular complexity index is 1230. The van der Waals surface area contributed by atoms with E-state index < -0.39 is 0 Å². The summed E-state index contributed by atoms with van der Waals surface area (Å²) in [6, 6.07) is 0. The van der Waals surface area contributed by atoms with E-state index >= 15 is 0 Å². The number of nitrogens with one attached hydrogen (secondary N) is 1. The molecule has 9 atom stereocenters. The lowest BCUT2D eigenvalue weighted by Gasteiger charge is -2.62. The van der Waals surface area contributed by atoms with Gasteiger partial charge in [-0.2, -0.15) is 0 Å². The second-order valence-corrected chi connectivity index (χ2v) is 25.4. The summed E-state index contributed by atoms with van der Waals surface area (Å²) in [4.78, 5) is 19.2. The molecule has 2 N–H and O–H groups in total. The highest BCUT2D eigenvalue weighted by atomic mass is 16.3. The van der Waals surface area contributed by atoms with E-state index in [-0.39, 0.29) is 12.0 Å².